The summed E-state index contributed by atoms with van der Waals surface area (Å²) in [6, 6.07) is 13.1. The number of hydrogen-bond donors (Lipinski definition) is 1. The minimum atomic E-state index is -0.904. The molecule has 0 saturated carbocycles. The molecule has 11 heteroatoms. The van der Waals surface area contributed by atoms with Crippen LogP contribution in [0.25, 0.3) is 11.6 Å². The fourth-order valence-electron chi connectivity index (χ4n) is 3.46. The summed E-state index contributed by atoms with van der Waals surface area (Å²) >= 11 is 7.49. The second kappa shape index (κ2) is 10.0. The van der Waals surface area contributed by atoms with Crippen LogP contribution in [0, 0.1) is 6.92 Å². The highest BCUT2D eigenvalue weighted by Gasteiger charge is 2.35. The summed E-state index contributed by atoms with van der Waals surface area (Å²) in [5, 5.41) is 17.7. The van der Waals surface area contributed by atoms with Crippen LogP contribution in [0.1, 0.15) is 37.5 Å². The number of carbonyl (C=O) groups excluding carboxylic acids is 2. The summed E-state index contributed by atoms with van der Waals surface area (Å²) in [5.41, 5.74) is 0.0223. The molecule has 4 aromatic rings. The van der Waals surface area contributed by atoms with Gasteiger partial charge in [0.25, 0.3) is 5.91 Å². The van der Waals surface area contributed by atoms with E-state index in [1.807, 2.05) is 45.2 Å². The van der Waals surface area contributed by atoms with E-state index in [9.17, 15) is 9.59 Å². The summed E-state index contributed by atoms with van der Waals surface area (Å²) in [6.07, 6.45) is 0. The predicted octanol–water partition coefficient (Wildman–Crippen LogP) is 4.65. The van der Waals surface area contributed by atoms with Gasteiger partial charge in [-0.2, -0.15) is 4.80 Å². The molecule has 1 aromatic carbocycles. The van der Waals surface area contributed by atoms with Gasteiger partial charge in [-0.1, -0.05) is 17.7 Å². The van der Waals surface area contributed by atoms with Gasteiger partial charge in [-0.25, -0.2) is 0 Å². The molecular formula is C24H25ClN6O3S. The molecule has 0 fully saturated rings. The first-order valence-electron chi connectivity index (χ1n) is 10.9. The van der Waals surface area contributed by atoms with Crippen LogP contribution in [0.4, 0.5) is 5.69 Å². The molecule has 3 aromatic heterocycles. The fourth-order valence-corrected chi connectivity index (χ4v) is 4.40. The Morgan fingerprint density at radius 1 is 1.17 bits per heavy atom. The lowest BCUT2D eigenvalue weighted by atomic mass is 10.1. The van der Waals surface area contributed by atoms with Crippen LogP contribution in [-0.2, 0) is 16.1 Å². The van der Waals surface area contributed by atoms with Gasteiger partial charge in [-0.15, -0.1) is 21.5 Å². The second-order valence-corrected chi connectivity index (χ2v) is 10.4. The number of thiophene rings is 1. The molecule has 0 aliphatic heterocycles. The van der Waals surface area contributed by atoms with Crippen LogP contribution in [0.2, 0.25) is 5.02 Å². The number of hydrogen-bond acceptors (Lipinski definition) is 7. The van der Waals surface area contributed by atoms with Gasteiger partial charge < -0.3 is 9.73 Å². The monoisotopic (exact) mass is 512 g/mol. The number of anilines is 1. The molecular weight excluding hydrogens is 488 g/mol. The lowest BCUT2D eigenvalue weighted by Gasteiger charge is -2.33. The van der Waals surface area contributed by atoms with Crippen molar-refractivity contribution >= 4 is 40.4 Å². The number of aromatic nitrogens is 4. The Labute approximate surface area is 211 Å². The van der Waals surface area contributed by atoms with Crippen molar-refractivity contribution in [2.24, 2.45) is 0 Å². The molecule has 9 nitrogen and oxygen atoms in total. The predicted molar refractivity (Wildman–Crippen MR) is 134 cm³/mol. The molecule has 35 heavy (non-hydrogen) atoms. The van der Waals surface area contributed by atoms with E-state index < -0.39 is 17.5 Å². The van der Waals surface area contributed by atoms with E-state index in [0.29, 0.717) is 27.1 Å². The molecule has 182 valence electrons. The van der Waals surface area contributed by atoms with Gasteiger partial charge in [0, 0.05) is 21.1 Å². The highest BCUT2D eigenvalue weighted by molar-refractivity contribution is 7.10. The zero-order valence-electron chi connectivity index (χ0n) is 19.7. The molecule has 0 radical (unpaired) electrons. The number of aryl methyl sites for hydroxylation is 1. The molecule has 0 aliphatic rings. The normalized spacial score (nSPS) is 12.4. The quantitative estimate of drug-likeness (QED) is 0.386. The summed E-state index contributed by atoms with van der Waals surface area (Å²) in [5.74, 6) is 0.738. The molecule has 4 rings (SSSR count). The molecule has 1 atom stereocenters. The van der Waals surface area contributed by atoms with E-state index in [-0.39, 0.29) is 18.3 Å². The Hall–Kier alpha value is -3.50. The summed E-state index contributed by atoms with van der Waals surface area (Å²) in [6.45, 7) is 7.25. The zero-order valence-corrected chi connectivity index (χ0v) is 21.3. The van der Waals surface area contributed by atoms with Crippen molar-refractivity contribution in [3.63, 3.8) is 0 Å². The van der Waals surface area contributed by atoms with Gasteiger partial charge >= 0.3 is 0 Å². The molecule has 1 N–H and O–H groups in total. The Kier molecular flexibility index (Phi) is 7.04. The van der Waals surface area contributed by atoms with Gasteiger partial charge in [-0.3, -0.25) is 14.5 Å². The van der Waals surface area contributed by atoms with Crippen molar-refractivity contribution in [2.75, 3.05) is 4.90 Å². The number of amides is 2. The number of nitrogens with one attached hydrogen (secondary N) is 1. The smallest absolute Gasteiger partial charge is 0.251 e. The lowest BCUT2D eigenvalue weighted by Crippen LogP contribution is -2.50. The minimum Gasteiger partial charge on any atom is -0.458 e. The Bertz CT molecular complexity index is 1310. The van der Waals surface area contributed by atoms with Crippen LogP contribution in [-0.4, -0.2) is 37.6 Å². The average molecular weight is 513 g/mol. The maximum Gasteiger partial charge on any atom is 0.251 e. The summed E-state index contributed by atoms with van der Waals surface area (Å²) < 4.78 is 5.54. The Morgan fingerprint density at radius 3 is 2.51 bits per heavy atom. The van der Waals surface area contributed by atoms with E-state index in [2.05, 4.69) is 20.7 Å². The summed E-state index contributed by atoms with van der Waals surface area (Å²) in [7, 11) is 0. The van der Waals surface area contributed by atoms with E-state index in [0.717, 1.165) is 0 Å². The van der Waals surface area contributed by atoms with E-state index in [4.69, 9.17) is 16.0 Å². The van der Waals surface area contributed by atoms with Crippen molar-refractivity contribution < 1.29 is 14.0 Å². The third-order valence-corrected chi connectivity index (χ3v) is 6.06. The number of rotatable bonds is 7. The molecule has 0 bridgehead atoms. The minimum absolute atomic E-state index is 0.236. The molecule has 2 amide bonds. The Morgan fingerprint density at radius 2 is 1.91 bits per heavy atom. The first kappa shape index (κ1) is 24.6. The highest BCUT2D eigenvalue weighted by atomic mass is 35.5. The number of benzene rings is 1. The SMILES string of the molecule is Cc1ccc(-c2nnn(CC(=O)N(c3ccc(Cl)cc3)C(C(=O)NC(C)(C)C)c3cccs3)n2)o1. The summed E-state index contributed by atoms with van der Waals surface area (Å²) in [4.78, 5) is 30.6. The first-order chi connectivity index (χ1) is 16.6. The third-order valence-electron chi connectivity index (χ3n) is 4.88. The van der Waals surface area contributed by atoms with Gasteiger partial charge in [-0.05, 0) is 80.8 Å². The van der Waals surface area contributed by atoms with Crippen LogP contribution < -0.4 is 10.2 Å². The Balaban J connectivity index is 1.70. The second-order valence-electron chi connectivity index (χ2n) is 8.95. The van der Waals surface area contributed by atoms with Crippen molar-refractivity contribution in [2.45, 2.75) is 45.8 Å². The van der Waals surface area contributed by atoms with Crippen molar-refractivity contribution in [1.29, 1.82) is 0 Å². The highest BCUT2D eigenvalue weighted by Crippen LogP contribution is 2.32. The lowest BCUT2D eigenvalue weighted by molar-refractivity contribution is -0.128. The van der Waals surface area contributed by atoms with Crippen LogP contribution in [0.3, 0.4) is 0 Å². The van der Waals surface area contributed by atoms with E-state index >= 15 is 0 Å². The van der Waals surface area contributed by atoms with Gasteiger partial charge in [0.15, 0.2) is 5.76 Å². The number of carbonyl (C=O) groups is 2. The molecule has 0 spiro atoms. The van der Waals surface area contributed by atoms with Crippen LogP contribution in [0.15, 0.2) is 58.3 Å². The van der Waals surface area contributed by atoms with Crippen LogP contribution >= 0.6 is 22.9 Å². The number of nitrogens with zero attached hydrogens (tertiary/aromatic N) is 5. The maximum atomic E-state index is 13.7. The average Bonchev–Trinajstić information content (AvgIpc) is 3.53. The van der Waals surface area contributed by atoms with Gasteiger partial charge in [0.2, 0.25) is 11.7 Å². The van der Waals surface area contributed by atoms with E-state index in [1.54, 1.807) is 36.4 Å². The molecule has 0 saturated heterocycles. The number of furan rings is 1. The van der Waals surface area contributed by atoms with E-state index in [1.165, 1.54) is 21.0 Å². The molecule has 0 aliphatic carbocycles. The van der Waals surface area contributed by atoms with Crippen molar-refractivity contribution in [1.82, 2.24) is 25.5 Å². The topological polar surface area (TPSA) is 106 Å². The third kappa shape index (κ3) is 5.95. The van der Waals surface area contributed by atoms with Gasteiger partial charge in [0.05, 0.1) is 0 Å². The standard InChI is InChI=1S/C24H25ClN6O3S/c1-15-7-12-18(34-15)22-27-29-30(28-22)14-20(32)31(17-10-8-16(25)9-11-17)21(19-6-5-13-35-19)23(33)26-24(2,3)4/h5-13,21H,14H2,1-4H3,(H,26,33). The van der Waals surface area contributed by atoms with Crippen molar-refractivity contribution in [3.8, 4) is 11.6 Å². The fraction of sp³-hybridized carbons (Fsp3) is 0.292. The number of tetrazole rings is 1. The molecule has 3 heterocycles. The molecule has 1 unspecified atom stereocenters. The number of halogens is 1. The van der Waals surface area contributed by atoms with Crippen LogP contribution in [0.5, 0.6) is 0 Å². The zero-order chi connectivity index (χ0) is 25.2. The van der Waals surface area contributed by atoms with Gasteiger partial charge in [0.1, 0.15) is 18.3 Å². The first-order valence-corrected chi connectivity index (χ1v) is 12.1. The maximum absolute atomic E-state index is 13.7. The van der Waals surface area contributed by atoms with Crippen molar-refractivity contribution in [3.05, 3.63) is 69.6 Å². The largest absolute Gasteiger partial charge is 0.458 e.